The fourth-order valence-corrected chi connectivity index (χ4v) is 4.23. The second-order valence-electron chi connectivity index (χ2n) is 5.84. The number of piperidine rings is 1. The molecule has 0 saturated carbocycles. The van der Waals surface area contributed by atoms with Crippen molar-refractivity contribution in [3.8, 4) is 22.8 Å². The van der Waals surface area contributed by atoms with Crippen molar-refractivity contribution in [2.24, 2.45) is 0 Å². The standard InChI is InChI=1S/C17H20N2O2S/c1-11-16(19-17(22-11)12-4-6-18-7-5-12)13-2-3-14-15(10-13)21-9-8-20-14/h2-3,10,12,18H,4-9H2,1H3. The largest absolute Gasteiger partial charge is 0.486 e. The molecule has 4 rings (SSSR count). The number of aromatic nitrogens is 1. The molecule has 116 valence electrons. The van der Waals surface area contributed by atoms with Crippen molar-refractivity contribution in [3.63, 3.8) is 0 Å². The average molecular weight is 316 g/mol. The average Bonchev–Trinajstić information content (AvgIpc) is 2.97. The third-order valence-electron chi connectivity index (χ3n) is 4.32. The van der Waals surface area contributed by atoms with Crippen molar-refractivity contribution in [3.05, 3.63) is 28.1 Å². The highest BCUT2D eigenvalue weighted by Gasteiger charge is 2.21. The van der Waals surface area contributed by atoms with E-state index in [1.54, 1.807) is 0 Å². The van der Waals surface area contributed by atoms with Crippen molar-refractivity contribution < 1.29 is 9.47 Å². The highest BCUT2D eigenvalue weighted by atomic mass is 32.1. The lowest BCUT2D eigenvalue weighted by atomic mass is 9.99. The van der Waals surface area contributed by atoms with Crippen LogP contribution in [0.4, 0.5) is 0 Å². The lowest BCUT2D eigenvalue weighted by molar-refractivity contribution is 0.171. The smallest absolute Gasteiger partial charge is 0.162 e. The molecule has 0 aliphatic carbocycles. The van der Waals surface area contributed by atoms with E-state index in [0.717, 1.165) is 35.8 Å². The maximum atomic E-state index is 5.69. The van der Waals surface area contributed by atoms with Gasteiger partial charge in [-0.2, -0.15) is 0 Å². The van der Waals surface area contributed by atoms with Crippen LogP contribution < -0.4 is 14.8 Å². The number of nitrogens with one attached hydrogen (secondary N) is 1. The van der Waals surface area contributed by atoms with Crippen molar-refractivity contribution in [2.75, 3.05) is 26.3 Å². The summed E-state index contributed by atoms with van der Waals surface area (Å²) >= 11 is 1.84. The highest BCUT2D eigenvalue weighted by molar-refractivity contribution is 7.12. The Morgan fingerprint density at radius 2 is 1.91 bits per heavy atom. The van der Waals surface area contributed by atoms with Crippen LogP contribution >= 0.6 is 11.3 Å². The van der Waals surface area contributed by atoms with E-state index in [0.29, 0.717) is 19.1 Å². The van der Waals surface area contributed by atoms with Crippen LogP contribution in [0.3, 0.4) is 0 Å². The number of hydrogen-bond donors (Lipinski definition) is 1. The van der Waals surface area contributed by atoms with Crippen molar-refractivity contribution in [2.45, 2.75) is 25.7 Å². The van der Waals surface area contributed by atoms with Gasteiger partial charge in [0.1, 0.15) is 13.2 Å². The van der Waals surface area contributed by atoms with Gasteiger partial charge in [-0.25, -0.2) is 4.98 Å². The quantitative estimate of drug-likeness (QED) is 0.922. The Morgan fingerprint density at radius 3 is 2.73 bits per heavy atom. The Hall–Kier alpha value is -1.59. The zero-order chi connectivity index (χ0) is 14.9. The summed E-state index contributed by atoms with van der Waals surface area (Å²) in [6.07, 6.45) is 2.38. The molecule has 0 atom stereocenters. The number of thiazole rings is 1. The second kappa shape index (κ2) is 5.89. The lowest BCUT2D eigenvalue weighted by Crippen LogP contribution is -2.26. The van der Waals surface area contributed by atoms with Gasteiger partial charge in [0, 0.05) is 16.4 Å². The fourth-order valence-electron chi connectivity index (χ4n) is 3.12. The van der Waals surface area contributed by atoms with Gasteiger partial charge in [-0.05, 0) is 51.1 Å². The van der Waals surface area contributed by atoms with Crippen LogP contribution in [0.5, 0.6) is 11.5 Å². The molecule has 1 saturated heterocycles. The topological polar surface area (TPSA) is 43.4 Å². The van der Waals surface area contributed by atoms with Gasteiger partial charge in [-0.15, -0.1) is 11.3 Å². The van der Waals surface area contributed by atoms with Crippen LogP contribution in [0.2, 0.25) is 0 Å². The predicted octanol–water partition coefficient (Wildman–Crippen LogP) is 3.36. The molecule has 1 aromatic heterocycles. The number of rotatable bonds is 2. The minimum atomic E-state index is 0.607. The van der Waals surface area contributed by atoms with Crippen LogP contribution in [-0.2, 0) is 0 Å². The Kier molecular flexibility index (Phi) is 3.76. The normalized spacial score (nSPS) is 18.4. The van der Waals surface area contributed by atoms with E-state index >= 15 is 0 Å². The molecule has 1 aromatic carbocycles. The Balaban J connectivity index is 1.66. The minimum absolute atomic E-state index is 0.607. The van der Waals surface area contributed by atoms with E-state index < -0.39 is 0 Å². The summed E-state index contributed by atoms with van der Waals surface area (Å²) in [5.74, 6) is 2.27. The molecule has 5 heteroatoms. The second-order valence-corrected chi connectivity index (χ2v) is 7.07. The third kappa shape index (κ3) is 2.59. The van der Waals surface area contributed by atoms with E-state index in [4.69, 9.17) is 14.5 Å². The first-order chi connectivity index (χ1) is 10.8. The summed E-state index contributed by atoms with van der Waals surface area (Å²) < 4.78 is 11.3. The van der Waals surface area contributed by atoms with Crippen LogP contribution in [0.25, 0.3) is 11.3 Å². The molecule has 0 bridgehead atoms. The van der Waals surface area contributed by atoms with E-state index in [9.17, 15) is 0 Å². The van der Waals surface area contributed by atoms with E-state index in [2.05, 4.69) is 24.4 Å². The van der Waals surface area contributed by atoms with Crippen molar-refractivity contribution >= 4 is 11.3 Å². The molecule has 22 heavy (non-hydrogen) atoms. The van der Waals surface area contributed by atoms with Crippen LogP contribution in [0, 0.1) is 6.92 Å². The molecule has 0 spiro atoms. The molecule has 1 N–H and O–H groups in total. The molecule has 0 unspecified atom stereocenters. The first kappa shape index (κ1) is 14.0. The zero-order valence-corrected chi connectivity index (χ0v) is 13.5. The number of nitrogens with zero attached hydrogens (tertiary/aromatic N) is 1. The van der Waals surface area contributed by atoms with Gasteiger partial charge in [-0.1, -0.05) is 0 Å². The summed E-state index contributed by atoms with van der Waals surface area (Å²) in [4.78, 5) is 6.23. The molecular formula is C17H20N2O2S. The predicted molar refractivity (Wildman–Crippen MR) is 88.1 cm³/mol. The van der Waals surface area contributed by atoms with Crippen LogP contribution in [-0.4, -0.2) is 31.3 Å². The van der Waals surface area contributed by atoms with E-state index in [1.165, 1.54) is 22.7 Å². The molecule has 3 heterocycles. The molecular weight excluding hydrogens is 296 g/mol. The molecule has 2 aromatic rings. The SMILES string of the molecule is Cc1sc(C2CCNCC2)nc1-c1ccc2c(c1)OCCO2. The third-order valence-corrected chi connectivity index (χ3v) is 5.45. The van der Waals surface area contributed by atoms with Gasteiger partial charge in [0.25, 0.3) is 0 Å². The molecule has 4 nitrogen and oxygen atoms in total. The molecule has 0 radical (unpaired) electrons. The molecule has 2 aliphatic heterocycles. The monoisotopic (exact) mass is 316 g/mol. The molecule has 2 aliphatic rings. The van der Waals surface area contributed by atoms with Crippen LogP contribution in [0.1, 0.15) is 28.6 Å². The molecule has 1 fully saturated rings. The maximum Gasteiger partial charge on any atom is 0.162 e. The lowest BCUT2D eigenvalue weighted by Gasteiger charge is -2.20. The summed E-state index contributed by atoms with van der Waals surface area (Å²) in [5, 5.41) is 4.70. The fraction of sp³-hybridized carbons (Fsp3) is 0.471. The van der Waals surface area contributed by atoms with Gasteiger partial charge in [0.2, 0.25) is 0 Å². The Labute approximate surface area is 134 Å². The summed E-state index contributed by atoms with van der Waals surface area (Å²) in [5.41, 5.74) is 2.22. The van der Waals surface area contributed by atoms with Gasteiger partial charge in [0.05, 0.1) is 10.7 Å². The summed E-state index contributed by atoms with van der Waals surface area (Å²) in [6.45, 7) is 5.61. The van der Waals surface area contributed by atoms with Gasteiger partial charge in [0.15, 0.2) is 11.5 Å². The van der Waals surface area contributed by atoms with E-state index in [-0.39, 0.29) is 0 Å². The zero-order valence-electron chi connectivity index (χ0n) is 12.7. The van der Waals surface area contributed by atoms with E-state index in [1.807, 2.05) is 17.4 Å². The van der Waals surface area contributed by atoms with Crippen molar-refractivity contribution in [1.29, 1.82) is 0 Å². The maximum absolute atomic E-state index is 5.69. The molecule has 0 amide bonds. The first-order valence-corrected chi connectivity index (χ1v) is 8.71. The number of ether oxygens (including phenoxy) is 2. The summed E-state index contributed by atoms with van der Waals surface area (Å²) in [7, 11) is 0. The van der Waals surface area contributed by atoms with Gasteiger partial charge in [-0.3, -0.25) is 0 Å². The minimum Gasteiger partial charge on any atom is -0.486 e. The highest BCUT2D eigenvalue weighted by Crippen LogP contribution is 2.38. The van der Waals surface area contributed by atoms with Crippen molar-refractivity contribution in [1.82, 2.24) is 10.3 Å². The number of fused-ring (bicyclic) bond motifs is 1. The summed E-state index contributed by atoms with van der Waals surface area (Å²) in [6, 6.07) is 6.14. The first-order valence-electron chi connectivity index (χ1n) is 7.89. The van der Waals surface area contributed by atoms with Crippen LogP contribution in [0.15, 0.2) is 18.2 Å². The Morgan fingerprint density at radius 1 is 1.14 bits per heavy atom. The Bertz CT molecular complexity index is 677. The number of hydrogen-bond acceptors (Lipinski definition) is 5. The number of aryl methyl sites for hydroxylation is 1. The van der Waals surface area contributed by atoms with Gasteiger partial charge < -0.3 is 14.8 Å². The van der Waals surface area contributed by atoms with Gasteiger partial charge >= 0.3 is 0 Å². The number of benzene rings is 1.